The predicted molar refractivity (Wildman–Crippen MR) is 119 cm³/mol. The van der Waals surface area contributed by atoms with Gasteiger partial charge in [-0.05, 0) is 104 Å². The second-order valence-corrected chi connectivity index (χ2v) is 11.8. The first-order chi connectivity index (χ1) is 13.3. The van der Waals surface area contributed by atoms with E-state index in [4.69, 9.17) is 0 Å². The van der Waals surface area contributed by atoms with Gasteiger partial charge in [0.2, 0.25) is 0 Å². The highest BCUT2D eigenvalue weighted by Gasteiger charge is 2.58. The molecule has 0 bridgehead atoms. The SMILES string of the molecule is CC(C)CC=C[C@@H](C)[C@H]1CCC2[C@@H]3CC=C4C[C@@H](O)CC[C@]4(C)[C@H]3CC[C@@]21C. The highest BCUT2D eigenvalue weighted by molar-refractivity contribution is 5.25. The third kappa shape index (κ3) is 3.34. The standard InChI is InChI=1S/C27H44O/c1-18(2)7-6-8-19(3)23-11-12-24-22-10-9-20-17-21(28)13-15-26(20,4)25(22)14-16-27(23,24)5/h6,8-9,18-19,21-25,28H,7,10-17H2,1-5H3/t19-,21+,22+,23-,24?,25+,26+,27-/m1/s1. The van der Waals surface area contributed by atoms with E-state index in [2.05, 4.69) is 52.8 Å². The number of rotatable bonds is 4. The summed E-state index contributed by atoms with van der Waals surface area (Å²) in [5.74, 6) is 5.03. The average molecular weight is 385 g/mol. The molecule has 0 aromatic heterocycles. The molecule has 0 spiro atoms. The van der Waals surface area contributed by atoms with Gasteiger partial charge in [0, 0.05) is 0 Å². The van der Waals surface area contributed by atoms with Crippen LogP contribution in [0.2, 0.25) is 0 Å². The number of aliphatic hydroxyl groups is 1. The molecule has 158 valence electrons. The Hall–Kier alpha value is -0.560. The second-order valence-electron chi connectivity index (χ2n) is 11.8. The van der Waals surface area contributed by atoms with E-state index in [0.29, 0.717) is 10.8 Å². The Labute approximate surface area is 174 Å². The molecule has 0 radical (unpaired) electrons. The molecule has 1 nitrogen and oxygen atoms in total. The van der Waals surface area contributed by atoms with E-state index >= 15 is 0 Å². The normalized spacial score (nSPS) is 46.8. The van der Waals surface area contributed by atoms with Crippen molar-refractivity contribution < 1.29 is 5.11 Å². The molecule has 0 aromatic rings. The Morgan fingerprint density at radius 2 is 1.86 bits per heavy atom. The van der Waals surface area contributed by atoms with Crippen molar-refractivity contribution >= 4 is 0 Å². The van der Waals surface area contributed by atoms with E-state index in [-0.39, 0.29) is 6.10 Å². The van der Waals surface area contributed by atoms with Crippen molar-refractivity contribution in [2.24, 2.45) is 46.3 Å². The summed E-state index contributed by atoms with van der Waals surface area (Å²) in [6.45, 7) is 12.3. The number of aliphatic hydroxyl groups excluding tert-OH is 1. The molecule has 0 saturated heterocycles. The van der Waals surface area contributed by atoms with Crippen LogP contribution in [0.4, 0.5) is 0 Å². The largest absolute Gasteiger partial charge is 0.393 e. The summed E-state index contributed by atoms with van der Waals surface area (Å²) in [4.78, 5) is 0. The number of fused-ring (bicyclic) bond motifs is 5. The average Bonchev–Trinajstić information content (AvgIpc) is 2.99. The van der Waals surface area contributed by atoms with Crippen molar-refractivity contribution in [2.75, 3.05) is 0 Å². The Balaban J connectivity index is 1.53. The van der Waals surface area contributed by atoms with Gasteiger partial charge in [-0.1, -0.05) is 58.4 Å². The maximum atomic E-state index is 10.2. The lowest BCUT2D eigenvalue weighted by atomic mass is 9.47. The fourth-order valence-corrected chi connectivity index (χ4v) is 8.25. The minimum atomic E-state index is -0.0842. The zero-order valence-corrected chi connectivity index (χ0v) is 19.1. The minimum absolute atomic E-state index is 0.0842. The monoisotopic (exact) mass is 384 g/mol. The Morgan fingerprint density at radius 1 is 1.07 bits per heavy atom. The maximum absolute atomic E-state index is 10.2. The molecule has 0 amide bonds. The van der Waals surface area contributed by atoms with Crippen LogP contribution in [0.1, 0.15) is 92.4 Å². The van der Waals surface area contributed by atoms with E-state index in [0.717, 1.165) is 48.3 Å². The smallest absolute Gasteiger partial charge is 0.0577 e. The van der Waals surface area contributed by atoms with Crippen LogP contribution in [-0.4, -0.2) is 11.2 Å². The van der Waals surface area contributed by atoms with Crippen LogP contribution < -0.4 is 0 Å². The molecule has 0 aromatic carbocycles. The summed E-state index contributed by atoms with van der Waals surface area (Å²) in [6, 6.07) is 0. The van der Waals surface area contributed by atoms with Gasteiger partial charge in [-0.25, -0.2) is 0 Å². The molecule has 8 atom stereocenters. The molecule has 4 aliphatic carbocycles. The summed E-state index contributed by atoms with van der Waals surface area (Å²) >= 11 is 0. The van der Waals surface area contributed by atoms with E-state index in [9.17, 15) is 5.11 Å². The molecule has 1 N–H and O–H groups in total. The highest BCUT2D eigenvalue weighted by atomic mass is 16.3. The number of hydrogen-bond acceptors (Lipinski definition) is 1. The maximum Gasteiger partial charge on any atom is 0.0577 e. The Morgan fingerprint density at radius 3 is 2.61 bits per heavy atom. The van der Waals surface area contributed by atoms with E-state index in [1.807, 2.05) is 0 Å². The van der Waals surface area contributed by atoms with Crippen molar-refractivity contribution in [3.05, 3.63) is 23.8 Å². The first-order valence-corrected chi connectivity index (χ1v) is 12.3. The summed E-state index contributed by atoms with van der Waals surface area (Å²) in [5, 5.41) is 10.2. The van der Waals surface area contributed by atoms with Gasteiger partial charge >= 0.3 is 0 Å². The van der Waals surface area contributed by atoms with Crippen LogP contribution in [-0.2, 0) is 0 Å². The third-order valence-corrected chi connectivity index (χ3v) is 9.83. The first kappa shape index (κ1) is 20.7. The van der Waals surface area contributed by atoms with E-state index < -0.39 is 0 Å². The molecule has 4 aliphatic rings. The molecule has 0 heterocycles. The van der Waals surface area contributed by atoms with E-state index in [1.54, 1.807) is 5.57 Å². The van der Waals surface area contributed by atoms with Crippen LogP contribution in [0, 0.1) is 46.3 Å². The number of allylic oxidation sites excluding steroid dienone is 3. The molecule has 0 aliphatic heterocycles. The van der Waals surface area contributed by atoms with Crippen LogP contribution in [0.3, 0.4) is 0 Å². The fourth-order valence-electron chi connectivity index (χ4n) is 8.25. The molecule has 3 saturated carbocycles. The molecule has 28 heavy (non-hydrogen) atoms. The summed E-state index contributed by atoms with van der Waals surface area (Å²) in [7, 11) is 0. The lowest BCUT2D eigenvalue weighted by Gasteiger charge is -2.58. The van der Waals surface area contributed by atoms with Gasteiger partial charge in [0.15, 0.2) is 0 Å². The van der Waals surface area contributed by atoms with Crippen molar-refractivity contribution in [1.82, 2.24) is 0 Å². The van der Waals surface area contributed by atoms with Gasteiger partial charge in [-0.15, -0.1) is 0 Å². The summed E-state index contributed by atoms with van der Waals surface area (Å²) in [5.41, 5.74) is 2.53. The fraction of sp³-hybridized carbons (Fsp3) is 0.852. The van der Waals surface area contributed by atoms with Gasteiger partial charge in [0.1, 0.15) is 0 Å². The second kappa shape index (κ2) is 7.60. The van der Waals surface area contributed by atoms with Crippen LogP contribution in [0.25, 0.3) is 0 Å². The molecule has 3 fully saturated rings. The quantitative estimate of drug-likeness (QED) is 0.510. The van der Waals surface area contributed by atoms with Crippen molar-refractivity contribution in [3.8, 4) is 0 Å². The third-order valence-electron chi connectivity index (χ3n) is 9.83. The zero-order chi connectivity index (χ0) is 20.1. The van der Waals surface area contributed by atoms with Crippen LogP contribution in [0.15, 0.2) is 23.8 Å². The van der Waals surface area contributed by atoms with Gasteiger partial charge in [0.25, 0.3) is 0 Å². The predicted octanol–water partition coefficient (Wildman–Crippen LogP) is 7.16. The topological polar surface area (TPSA) is 20.2 Å². The van der Waals surface area contributed by atoms with Crippen molar-refractivity contribution in [2.45, 2.75) is 98.5 Å². The molecule has 1 unspecified atom stereocenters. The van der Waals surface area contributed by atoms with E-state index in [1.165, 1.54) is 44.9 Å². The van der Waals surface area contributed by atoms with Crippen molar-refractivity contribution in [1.29, 1.82) is 0 Å². The number of hydrogen-bond donors (Lipinski definition) is 1. The lowest BCUT2D eigenvalue weighted by Crippen LogP contribution is -2.50. The van der Waals surface area contributed by atoms with Gasteiger partial charge in [0.05, 0.1) is 6.10 Å². The minimum Gasteiger partial charge on any atom is -0.393 e. The van der Waals surface area contributed by atoms with Crippen molar-refractivity contribution in [3.63, 3.8) is 0 Å². The van der Waals surface area contributed by atoms with Crippen LogP contribution >= 0.6 is 0 Å². The first-order valence-electron chi connectivity index (χ1n) is 12.3. The summed E-state index contributed by atoms with van der Waals surface area (Å²) < 4.78 is 0. The van der Waals surface area contributed by atoms with Gasteiger partial charge in [-0.3, -0.25) is 0 Å². The lowest BCUT2D eigenvalue weighted by molar-refractivity contribution is -0.0540. The Kier molecular flexibility index (Phi) is 5.62. The molecular formula is C27H44O. The van der Waals surface area contributed by atoms with Gasteiger partial charge in [-0.2, -0.15) is 0 Å². The highest BCUT2D eigenvalue weighted by Crippen LogP contribution is 2.67. The van der Waals surface area contributed by atoms with Gasteiger partial charge < -0.3 is 5.11 Å². The molecular weight excluding hydrogens is 340 g/mol. The summed E-state index contributed by atoms with van der Waals surface area (Å²) in [6.07, 6.45) is 18.9. The molecule has 4 rings (SSSR count). The van der Waals surface area contributed by atoms with Crippen LogP contribution in [0.5, 0.6) is 0 Å². The zero-order valence-electron chi connectivity index (χ0n) is 19.1. The Bertz CT molecular complexity index is 630. The molecule has 1 heteroatoms.